The van der Waals surface area contributed by atoms with E-state index in [9.17, 15) is 24.6 Å². The van der Waals surface area contributed by atoms with Crippen molar-refractivity contribution in [3.63, 3.8) is 0 Å². The molecule has 11 atom stereocenters. The Morgan fingerprint density at radius 3 is 2.12 bits per heavy atom. The van der Waals surface area contributed by atoms with Crippen molar-refractivity contribution in [2.75, 3.05) is 0 Å². The largest absolute Gasteiger partial charge is 0.459 e. The van der Waals surface area contributed by atoms with Crippen molar-refractivity contribution in [2.45, 2.75) is 137 Å². The Hall–Kier alpha value is -1.93. The molecule has 0 aromatic rings. The van der Waals surface area contributed by atoms with Gasteiger partial charge in [0.25, 0.3) is 0 Å². The second kappa shape index (κ2) is 11.6. The maximum Gasteiger partial charge on any atom is 0.303 e. The van der Waals surface area contributed by atoms with Crippen molar-refractivity contribution in [1.82, 2.24) is 0 Å². The monoisotopic (exact) mass is 576 g/mol. The molecule has 0 aliphatic heterocycles. The van der Waals surface area contributed by atoms with Gasteiger partial charge in [0.1, 0.15) is 18.3 Å². The number of rotatable bonds is 8. The van der Waals surface area contributed by atoms with Crippen LogP contribution in [0.1, 0.15) is 107 Å². The predicted molar refractivity (Wildman–Crippen MR) is 153 cm³/mol. The lowest BCUT2D eigenvalue weighted by Gasteiger charge is -2.64. The van der Waals surface area contributed by atoms with Crippen molar-refractivity contribution in [3.8, 4) is 0 Å². The Labute approximate surface area is 245 Å². The molecule has 0 spiro atoms. The minimum Gasteiger partial charge on any atom is -0.459 e. The molecule has 0 bridgehead atoms. The van der Waals surface area contributed by atoms with Crippen LogP contribution in [0.15, 0.2) is 11.6 Å². The highest BCUT2D eigenvalue weighted by Crippen LogP contribution is 2.69. The SMILES string of the molecule is CC(=O)O[C@@H]1[C@@H]2[C@H](OC(C)=O)C=C3[C@@H]4CC[C@H]([C@H](C)[C@H](O)CCC(C)C)[C@@]4(C)CC[C@]3(O)[C@@]2(C)CC[C@@H]1OC(C)=O. The molecule has 41 heavy (non-hydrogen) atoms. The number of esters is 3. The first-order chi connectivity index (χ1) is 19.0. The predicted octanol–water partition coefficient (Wildman–Crippen LogP) is 5.13. The summed E-state index contributed by atoms with van der Waals surface area (Å²) in [7, 11) is 0. The number of carbonyl (C=O) groups excluding carboxylic acids is 3. The van der Waals surface area contributed by atoms with E-state index in [1.807, 2.05) is 13.0 Å². The van der Waals surface area contributed by atoms with E-state index in [1.54, 1.807) is 0 Å². The summed E-state index contributed by atoms with van der Waals surface area (Å²) in [6, 6.07) is 0. The standard InChI is InChI=1S/C33H52O8/c1-18(2)9-12-26(37)19(3)23-10-11-24-25-17-28(40-21(5)35)29-30(41-22(6)36)27(39-20(4)34)13-14-32(29,8)33(25,38)16-15-31(23,24)7/h17-19,23-24,26-30,37-38H,9-16H2,1-8H3/t19-,23+,24-,26+,27-,28+,29-,30-,31+,32-,33+/m0/s1. The Morgan fingerprint density at radius 1 is 0.902 bits per heavy atom. The molecule has 4 rings (SSSR count). The van der Waals surface area contributed by atoms with Gasteiger partial charge in [-0.2, -0.15) is 0 Å². The van der Waals surface area contributed by atoms with Gasteiger partial charge in [-0.15, -0.1) is 0 Å². The molecular weight excluding hydrogens is 524 g/mol. The summed E-state index contributed by atoms with van der Waals surface area (Å²) in [4.78, 5) is 36.7. The van der Waals surface area contributed by atoms with Gasteiger partial charge in [0.2, 0.25) is 0 Å². The van der Waals surface area contributed by atoms with Crippen LogP contribution in [0, 0.1) is 40.4 Å². The number of hydrogen-bond acceptors (Lipinski definition) is 8. The summed E-state index contributed by atoms with van der Waals surface area (Å²) >= 11 is 0. The van der Waals surface area contributed by atoms with Gasteiger partial charge >= 0.3 is 17.9 Å². The number of aliphatic hydroxyl groups is 2. The molecule has 0 heterocycles. The van der Waals surface area contributed by atoms with Gasteiger partial charge < -0.3 is 24.4 Å². The molecule has 2 N–H and O–H groups in total. The van der Waals surface area contributed by atoms with Crippen LogP contribution < -0.4 is 0 Å². The average Bonchev–Trinajstić information content (AvgIpc) is 3.21. The Balaban J connectivity index is 1.75. The fourth-order valence-corrected chi connectivity index (χ4v) is 9.44. The van der Waals surface area contributed by atoms with Gasteiger partial charge in [0, 0.05) is 32.1 Å². The average molecular weight is 577 g/mol. The van der Waals surface area contributed by atoms with E-state index < -0.39 is 53.2 Å². The fourth-order valence-electron chi connectivity index (χ4n) is 9.44. The number of aliphatic hydroxyl groups excluding tert-OH is 1. The van der Waals surface area contributed by atoms with E-state index in [1.165, 1.54) is 20.8 Å². The molecule has 0 amide bonds. The first-order valence-corrected chi connectivity index (χ1v) is 15.7. The van der Waals surface area contributed by atoms with Crippen LogP contribution in [-0.2, 0) is 28.6 Å². The lowest BCUT2D eigenvalue weighted by molar-refractivity contribution is -0.231. The molecule has 4 aliphatic carbocycles. The first-order valence-electron chi connectivity index (χ1n) is 15.7. The van der Waals surface area contributed by atoms with Crippen molar-refractivity contribution in [3.05, 3.63) is 11.6 Å². The molecule has 8 heteroatoms. The minimum absolute atomic E-state index is 0.0835. The maximum atomic E-state index is 12.8. The molecule has 232 valence electrons. The third kappa shape index (κ3) is 5.60. The van der Waals surface area contributed by atoms with Crippen LogP contribution in [0.25, 0.3) is 0 Å². The van der Waals surface area contributed by atoms with Crippen LogP contribution in [0.4, 0.5) is 0 Å². The van der Waals surface area contributed by atoms with E-state index in [0.717, 1.165) is 37.7 Å². The van der Waals surface area contributed by atoms with Crippen molar-refractivity contribution in [2.24, 2.45) is 40.4 Å². The van der Waals surface area contributed by atoms with Gasteiger partial charge in [-0.3, -0.25) is 14.4 Å². The summed E-state index contributed by atoms with van der Waals surface area (Å²) in [6.07, 6.45) is 5.21. The van der Waals surface area contributed by atoms with Gasteiger partial charge in [-0.05, 0) is 92.1 Å². The lowest BCUT2D eigenvalue weighted by atomic mass is 9.44. The van der Waals surface area contributed by atoms with Crippen LogP contribution in [0.3, 0.4) is 0 Å². The zero-order valence-electron chi connectivity index (χ0n) is 26.3. The normalized spacial score (nSPS) is 41.3. The smallest absolute Gasteiger partial charge is 0.303 e. The molecule has 0 unspecified atom stereocenters. The number of fused-ring (bicyclic) bond motifs is 5. The first kappa shape index (κ1) is 32.0. The van der Waals surface area contributed by atoms with Gasteiger partial charge in [-0.25, -0.2) is 0 Å². The third-order valence-electron chi connectivity index (χ3n) is 11.5. The van der Waals surface area contributed by atoms with Gasteiger partial charge in [-0.1, -0.05) is 34.6 Å². The van der Waals surface area contributed by atoms with Crippen LogP contribution in [0.2, 0.25) is 0 Å². The lowest BCUT2D eigenvalue weighted by Crippen LogP contribution is -2.68. The third-order valence-corrected chi connectivity index (χ3v) is 11.5. The summed E-state index contributed by atoms with van der Waals surface area (Å²) < 4.78 is 17.4. The summed E-state index contributed by atoms with van der Waals surface area (Å²) in [5, 5.41) is 23.9. The van der Waals surface area contributed by atoms with E-state index >= 15 is 0 Å². The van der Waals surface area contributed by atoms with Crippen LogP contribution >= 0.6 is 0 Å². The molecule has 0 saturated heterocycles. The van der Waals surface area contributed by atoms with E-state index in [4.69, 9.17) is 14.2 Å². The summed E-state index contributed by atoms with van der Waals surface area (Å²) in [5.74, 6) is -0.952. The summed E-state index contributed by atoms with van der Waals surface area (Å²) in [5.41, 5.74) is -1.15. The summed E-state index contributed by atoms with van der Waals surface area (Å²) in [6.45, 7) is 14.9. The quantitative estimate of drug-likeness (QED) is 0.232. The van der Waals surface area contributed by atoms with Gasteiger partial charge in [0.05, 0.1) is 11.7 Å². The van der Waals surface area contributed by atoms with E-state index in [0.29, 0.717) is 31.1 Å². The number of carbonyl (C=O) groups is 3. The highest BCUT2D eigenvalue weighted by atomic mass is 16.6. The van der Waals surface area contributed by atoms with Crippen LogP contribution in [-0.4, -0.2) is 58.1 Å². The molecule has 8 nitrogen and oxygen atoms in total. The zero-order chi connectivity index (χ0) is 30.5. The Morgan fingerprint density at radius 2 is 1.54 bits per heavy atom. The van der Waals surface area contributed by atoms with Gasteiger partial charge in [0.15, 0.2) is 0 Å². The highest BCUT2D eigenvalue weighted by molar-refractivity contribution is 5.68. The zero-order valence-corrected chi connectivity index (χ0v) is 26.3. The maximum absolute atomic E-state index is 12.8. The second-order valence-electron chi connectivity index (χ2n) is 14.4. The molecule has 3 saturated carbocycles. The highest BCUT2D eigenvalue weighted by Gasteiger charge is 2.69. The topological polar surface area (TPSA) is 119 Å². The number of hydrogen-bond donors (Lipinski definition) is 2. The van der Waals surface area contributed by atoms with Crippen LogP contribution in [0.5, 0.6) is 0 Å². The van der Waals surface area contributed by atoms with E-state index in [2.05, 4.69) is 27.7 Å². The molecule has 4 aliphatic rings. The molecule has 3 fully saturated rings. The molecule has 0 radical (unpaired) electrons. The van der Waals surface area contributed by atoms with Crippen molar-refractivity contribution < 1.29 is 38.8 Å². The van der Waals surface area contributed by atoms with Crippen molar-refractivity contribution >= 4 is 17.9 Å². The minimum atomic E-state index is -1.19. The Bertz CT molecular complexity index is 1050. The second-order valence-corrected chi connectivity index (χ2v) is 14.4. The van der Waals surface area contributed by atoms with Crippen molar-refractivity contribution in [1.29, 1.82) is 0 Å². The molecule has 0 aromatic carbocycles. The Kier molecular flexibility index (Phi) is 9.08. The number of ether oxygens (including phenoxy) is 3. The fraction of sp³-hybridized carbons (Fsp3) is 0.848. The van der Waals surface area contributed by atoms with E-state index in [-0.39, 0.29) is 23.4 Å². The molecular formula is C33H52O8. The molecule has 0 aromatic heterocycles.